The maximum absolute atomic E-state index is 13.7. The number of nitrogens with zero attached hydrogens (tertiary/aromatic N) is 2. The number of halogens is 2. The van der Waals surface area contributed by atoms with Crippen LogP contribution in [0, 0.1) is 17.6 Å². The normalized spacial score (nSPS) is 19.9. The molecule has 6 nitrogen and oxygen atoms in total. The van der Waals surface area contributed by atoms with Gasteiger partial charge in [-0.3, -0.25) is 9.69 Å². The zero-order chi connectivity index (χ0) is 22.2. The molecule has 2 aliphatic heterocycles. The van der Waals surface area contributed by atoms with Crippen molar-refractivity contribution in [2.45, 2.75) is 38.4 Å². The van der Waals surface area contributed by atoms with Crippen LogP contribution in [0.2, 0.25) is 0 Å². The Morgan fingerprint density at radius 1 is 1.06 bits per heavy atom. The number of benzene rings is 1. The SMILES string of the molecule is N/C=C\C(=C/N)CN1CCC(C(=O)N2CCC(OCc3c(F)cccc3F)CC2)CC1. The van der Waals surface area contributed by atoms with Gasteiger partial charge in [0.15, 0.2) is 0 Å². The number of rotatable bonds is 7. The van der Waals surface area contributed by atoms with E-state index in [9.17, 15) is 13.6 Å². The number of hydrogen-bond acceptors (Lipinski definition) is 5. The summed E-state index contributed by atoms with van der Waals surface area (Å²) in [6.07, 6.45) is 7.75. The van der Waals surface area contributed by atoms with Crippen LogP contribution >= 0.6 is 0 Å². The van der Waals surface area contributed by atoms with Crippen LogP contribution in [0.3, 0.4) is 0 Å². The summed E-state index contributed by atoms with van der Waals surface area (Å²) >= 11 is 0. The van der Waals surface area contributed by atoms with Crippen LogP contribution in [0.1, 0.15) is 31.2 Å². The van der Waals surface area contributed by atoms with Gasteiger partial charge in [0.2, 0.25) is 5.91 Å². The van der Waals surface area contributed by atoms with Crippen molar-refractivity contribution in [1.82, 2.24) is 9.80 Å². The van der Waals surface area contributed by atoms with Gasteiger partial charge >= 0.3 is 0 Å². The second-order valence-electron chi connectivity index (χ2n) is 8.19. The maximum atomic E-state index is 13.7. The Kier molecular flexibility index (Phi) is 8.43. The van der Waals surface area contributed by atoms with Crippen molar-refractivity contribution in [3.05, 3.63) is 59.4 Å². The molecular weight excluding hydrogens is 402 g/mol. The third-order valence-electron chi connectivity index (χ3n) is 6.15. The van der Waals surface area contributed by atoms with E-state index in [2.05, 4.69) is 4.90 Å². The quantitative estimate of drug-likeness (QED) is 0.644. The Balaban J connectivity index is 1.40. The molecule has 0 aromatic heterocycles. The van der Waals surface area contributed by atoms with E-state index >= 15 is 0 Å². The lowest BCUT2D eigenvalue weighted by molar-refractivity contribution is -0.139. The van der Waals surface area contributed by atoms with Crippen LogP contribution in [0.5, 0.6) is 0 Å². The van der Waals surface area contributed by atoms with E-state index in [1.54, 1.807) is 12.3 Å². The molecule has 0 spiro atoms. The van der Waals surface area contributed by atoms with Crippen LogP contribution in [-0.4, -0.2) is 54.5 Å². The smallest absolute Gasteiger partial charge is 0.225 e. The van der Waals surface area contributed by atoms with Crippen LogP contribution in [0.4, 0.5) is 8.78 Å². The average Bonchev–Trinajstić information content (AvgIpc) is 2.79. The number of amides is 1. The molecule has 2 heterocycles. The average molecular weight is 435 g/mol. The van der Waals surface area contributed by atoms with Crippen molar-refractivity contribution < 1.29 is 18.3 Å². The van der Waals surface area contributed by atoms with Crippen molar-refractivity contribution in [1.29, 1.82) is 0 Å². The van der Waals surface area contributed by atoms with E-state index in [0.29, 0.717) is 25.9 Å². The van der Waals surface area contributed by atoms with E-state index in [-0.39, 0.29) is 30.1 Å². The van der Waals surface area contributed by atoms with Gasteiger partial charge in [-0.15, -0.1) is 0 Å². The largest absolute Gasteiger partial charge is 0.405 e. The summed E-state index contributed by atoms with van der Waals surface area (Å²) < 4.78 is 33.2. The minimum Gasteiger partial charge on any atom is -0.405 e. The Hall–Kier alpha value is -2.45. The molecule has 2 fully saturated rings. The number of carbonyl (C=O) groups excluding carboxylic acids is 1. The predicted molar refractivity (Wildman–Crippen MR) is 116 cm³/mol. The van der Waals surface area contributed by atoms with E-state index in [1.807, 2.05) is 4.90 Å². The van der Waals surface area contributed by atoms with Crippen molar-refractivity contribution in [2.24, 2.45) is 17.4 Å². The van der Waals surface area contributed by atoms with E-state index in [1.165, 1.54) is 24.4 Å². The summed E-state index contributed by atoms with van der Waals surface area (Å²) in [6.45, 7) is 3.57. The number of piperidine rings is 2. The predicted octanol–water partition coefficient (Wildman–Crippen LogP) is 2.50. The van der Waals surface area contributed by atoms with Gasteiger partial charge in [-0.1, -0.05) is 6.07 Å². The van der Waals surface area contributed by atoms with Gasteiger partial charge in [0.25, 0.3) is 0 Å². The number of likely N-dealkylation sites (tertiary alicyclic amines) is 2. The monoisotopic (exact) mass is 434 g/mol. The highest BCUT2D eigenvalue weighted by molar-refractivity contribution is 5.79. The fourth-order valence-electron chi connectivity index (χ4n) is 4.25. The molecule has 0 bridgehead atoms. The van der Waals surface area contributed by atoms with Crippen LogP contribution in [0.15, 0.2) is 42.2 Å². The van der Waals surface area contributed by atoms with Crippen molar-refractivity contribution >= 4 is 5.91 Å². The first kappa shape index (κ1) is 23.2. The van der Waals surface area contributed by atoms with Gasteiger partial charge in [0.1, 0.15) is 11.6 Å². The molecule has 0 unspecified atom stereocenters. The summed E-state index contributed by atoms with van der Waals surface area (Å²) in [5, 5.41) is 0. The van der Waals surface area contributed by atoms with Gasteiger partial charge in [-0.25, -0.2) is 8.78 Å². The Morgan fingerprint density at radius 2 is 1.71 bits per heavy atom. The molecule has 4 N–H and O–H groups in total. The molecule has 2 saturated heterocycles. The topological polar surface area (TPSA) is 84.8 Å². The number of hydrogen-bond donors (Lipinski definition) is 2. The molecule has 0 aliphatic carbocycles. The molecule has 0 radical (unpaired) electrons. The highest BCUT2D eigenvalue weighted by atomic mass is 19.1. The molecular formula is C23H32F2N4O2. The molecule has 3 rings (SSSR count). The van der Waals surface area contributed by atoms with Gasteiger partial charge in [0.05, 0.1) is 12.7 Å². The lowest BCUT2D eigenvalue weighted by Crippen LogP contribution is -2.46. The Bertz CT molecular complexity index is 779. The summed E-state index contributed by atoms with van der Waals surface area (Å²) in [6, 6.07) is 3.81. The number of carbonyl (C=O) groups is 1. The fourth-order valence-corrected chi connectivity index (χ4v) is 4.25. The van der Waals surface area contributed by atoms with Crippen molar-refractivity contribution in [3.63, 3.8) is 0 Å². The van der Waals surface area contributed by atoms with Crippen LogP contribution in [-0.2, 0) is 16.1 Å². The van der Waals surface area contributed by atoms with Gasteiger partial charge in [-0.05, 0) is 75.0 Å². The summed E-state index contributed by atoms with van der Waals surface area (Å²) in [7, 11) is 0. The molecule has 2 aliphatic rings. The lowest BCUT2D eigenvalue weighted by atomic mass is 9.93. The maximum Gasteiger partial charge on any atom is 0.225 e. The number of ether oxygens (including phenoxy) is 1. The zero-order valence-electron chi connectivity index (χ0n) is 17.8. The van der Waals surface area contributed by atoms with Gasteiger partial charge < -0.3 is 21.1 Å². The summed E-state index contributed by atoms with van der Waals surface area (Å²) in [4.78, 5) is 17.1. The van der Waals surface area contributed by atoms with Crippen LogP contribution in [0.25, 0.3) is 0 Å². The van der Waals surface area contributed by atoms with Crippen molar-refractivity contribution in [3.8, 4) is 0 Å². The van der Waals surface area contributed by atoms with Crippen LogP contribution < -0.4 is 11.5 Å². The minimum absolute atomic E-state index is 0.0385. The second-order valence-corrected chi connectivity index (χ2v) is 8.19. The molecule has 170 valence electrons. The van der Waals surface area contributed by atoms with E-state index in [0.717, 1.165) is 38.0 Å². The zero-order valence-corrected chi connectivity index (χ0v) is 17.8. The third kappa shape index (κ3) is 6.27. The molecule has 8 heteroatoms. The minimum atomic E-state index is -0.591. The molecule has 0 saturated carbocycles. The highest BCUT2D eigenvalue weighted by Gasteiger charge is 2.31. The highest BCUT2D eigenvalue weighted by Crippen LogP contribution is 2.24. The molecule has 1 amide bonds. The van der Waals surface area contributed by atoms with E-state index in [4.69, 9.17) is 16.2 Å². The lowest BCUT2D eigenvalue weighted by Gasteiger charge is -2.37. The fraction of sp³-hybridized carbons (Fsp3) is 0.522. The first-order chi connectivity index (χ1) is 15.0. The second kappa shape index (κ2) is 11.2. The van der Waals surface area contributed by atoms with E-state index < -0.39 is 11.6 Å². The summed E-state index contributed by atoms with van der Waals surface area (Å²) in [5.41, 5.74) is 12.0. The first-order valence-corrected chi connectivity index (χ1v) is 10.9. The number of nitrogens with two attached hydrogens (primary N) is 2. The standard InChI is InChI=1S/C23H32F2N4O2/c24-21-2-1-3-22(25)20(21)16-31-19-7-12-29(13-8-19)23(30)18-5-10-28(11-6-18)15-17(14-27)4-9-26/h1-4,9,14,18-19H,5-8,10-13,15-16,26-27H2/b9-4-,17-14+. The first-order valence-electron chi connectivity index (χ1n) is 10.9. The third-order valence-corrected chi connectivity index (χ3v) is 6.15. The van der Waals surface area contributed by atoms with Gasteiger partial charge in [-0.2, -0.15) is 0 Å². The molecule has 0 atom stereocenters. The molecule has 31 heavy (non-hydrogen) atoms. The molecule has 1 aromatic carbocycles. The Labute approximate surface area is 182 Å². The molecule has 1 aromatic rings. The summed E-state index contributed by atoms with van der Waals surface area (Å²) in [5.74, 6) is -0.939. The van der Waals surface area contributed by atoms with Crippen molar-refractivity contribution in [2.75, 3.05) is 32.7 Å². The Morgan fingerprint density at radius 3 is 2.29 bits per heavy atom. The van der Waals surface area contributed by atoms with Gasteiger partial charge in [0, 0.05) is 31.1 Å².